The zero-order valence-electron chi connectivity index (χ0n) is 12.0. The Hall–Kier alpha value is -2.07. The molecule has 0 aliphatic carbocycles. The van der Waals surface area contributed by atoms with Crippen LogP contribution in [-0.4, -0.2) is 5.16 Å². The van der Waals surface area contributed by atoms with Crippen molar-refractivity contribution in [2.24, 2.45) is 0 Å². The van der Waals surface area contributed by atoms with Crippen molar-refractivity contribution in [2.75, 3.05) is 5.73 Å². The Morgan fingerprint density at radius 3 is 2.86 bits per heavy atom. The first-order valence-electron chi connectivity index (χ1n) is 7.07. The van der Waals surface area contributed by atoms with Crippen molar-refractivity contribution in [3.63, 3.8) is 0 Å². The highest BCUT2D eigenvalue weighted by Crippen LogP contribution is 2.31. The van der Waals surface area contributed by atoms with Gasteiger partial charge in [-0.3, -0.25) is 0 Å². The molecule has 0 saturated heterocycles. The number of nitrogens with zero attached hydrogens (tertiary/aromatic N) is 1. The maximum atomic E-state index is 5.96. The van der Waals surface area contributed by atoms with Crippen LogP contribution in [0.1, 0.15) is 22.6 Å². The molecular formula is C17H18N2OS. The van der Waals surface area contributed by atoms with Gasteiger partial charge in [0, 0.05) is 4.88 Å². The maximum absolute atomic E-state index is 5.96. The summed E-state index contributed by atoms with van der Waals surface area (Å²) in [5, 5.41) is 6.26. The summed E-state index contributed by atoms with van der Waals surface area (Å²) in [6.07, 6.45) is 2.99. The highest BCUT2D eigenvalue weighted by molar-refractivity contribution is 7.09. The second-order valence-electron chi connectivity index (χ2n) is 5.17. The molecule has 0 spiro atoms. The lowest BCUT2D eigenvalue weighted by molar-refractivity contribution is 0.426. The summed E-state index contributed by atoms with van der Waals surface area (Å²) in [5.41, 5.74) is 10.2. The van der Waals surface area contributed by atoms with Crippen LogP contribution in [-0.2, 0) is 12.8 Å². The summed E-state index contributed by atoms with van der Waals surface area (Å²) in [5.74, 6) is 0.409. The Balaban J connectivity index is 1.77. The molecule has 0 fully saturated rings. The van der Waals surface area contributed by atoms with Gasteiger partial charge in [-0.1, -0.05) is 41.1 Å². The van der Waals surface area contributed by atoms with Crippen molar-refractivity contribution < 1.29 is 4.52 Å². The molecule has 1 aromatic carbocycles. The standard InChI is InChI=1S/C17H18N2OS/c1-12-5-2-6-13(11-12)16-15(19-20-17(16)18)9-3-7-14-8-4-10-21-14/h2,4-6,8,10-11H,3,7,9,18H2,1H3. The Morgan fingerprint density at radius 2 is 2.10 bits per heavy atom. The van der Waals surface area contributed by atoms with E-state index in [2.05, 4.69) is 47.8 Å². The molecular weight excluding hydrogens is 280 g/mol. The number of nitrogens with two attached hydrogens (primary N) is 1. The van der Waals surface area contributed by atoms with Gasteiger partial charge in [0.1, 0.15) is 0 Å². The topological polar surface area (TPSA) is 52.0 Å². The van der Waals surface area contributed by atoms with E-state index < -0.39 is 0 Å². The fourth-order valence-electron chi connectivity index (χ4n) is 2.50. The smallest absolute Gasteiger partial charge is 0.230 e. The molecule has 0 saturated carbocycles. The first-order chi connectivity index (χ1) is 10.2. The van der Waals surface area contributed by atoms with E-state index in [0.717, 1.165) is 36.1 Å². The average molecular weight is 298 g/mol. The fraction of sp³-hybridized carbons (Fsp3) is 0.235. The first kappa shape index (κ1) is 13.9. The van der Waals surface area contributed by atoms with Gasteiger partial charge >= 0.3 is 0 Å². The third-order valence-electron chi connectivity index (χ3n) is 3.51. The van der Waals surface area contributed by atoms with Gasteiger partial charge in [-0.2, -0.15) is 0 Å². The molecule has 3 aromatic rings. The van der Waals surface area contributed by atoms with E-state index in [9.17, 15) is 0 Å². The van der Waals surface area contributed by atoms with Gasteiger partial charge in [0.05, 0.1) is 11.3 Å². The van der Waals surface area contributed by atoms with Crippen molar-refractivity contribution in [3.8, 4) is 11.1 Å². The van der Waals surface area contributed by atoms with Crippen LogP contribution in [0.2, 0.25) is 0 Å². The number of hydrogen-bond acceptors (Lipinski definition) is 4. The number of thiophene rings is 1. The molecule has 0 radical (unpaired) electrons. The molecule has 0 atom stereocenters. The van der Waals surface area contributed by atoms with Crippen LogP contribution in [0, 0.1) is 6.92 Å². The molecule has 3 rings (SSSR count). The fourth-order valence-corrected chi connectivity index (χ4v) is 3.25. The zero-order valence-corrected chi connectivity index (χ0v) is 12.8. The normalized spacial score (nSPS) is 10.9. The second kappa shape index (κ2) is 6.14. The SMILES string of the molecule is Cc1cccc(-c2c(CCCc3cccs3)noc2N)c1. The summed E-state index contributed by atoms with van der Waals surface area (Å²) in [6.45, 7) is 2.07. The summed E-state index contributed by atoms with van der Waals surface area (Å²) >= 11 is 1.80. The van der Waals surface area contributed by atoms with Crippen LogP contribution < -0.4 is 5.73 Å². The lowest BCUT2D eigenvalue weighted by Gasteiger charge is -2.03. The van der Waals surface area contributed by atoms with Crippen molar-refractivity contribution >= 4 is 17.2 Å². The van der Waals surface area contributed by atoms with E-state index >= 15 is 0 Å². The van der Waals surface area contributed by atoms with Gasteiger partial charge in [-0.05, 0) is 43.2 Å². The van der Waals surface area contributed by atoms with Crippen LogP contribution in [0.5, 0.6) is 0 Å². The maximum Gasteiger partial charge on any atom is 0.230 e. The molecule has 2 aromatic heterocycles. The van der Waals surface area contributed by atoms with Crippen molar-refractivity contribution in [2.45, 2.75) is 26.2 Å². The number of anilines is 1. The van der Waals surface area contributed by atoms with E-state index in [1.165, 1.54) is 10.4 Å². The van der Waals surface area contributed by atoms with E-state index in [0.29, 0.717) is 5.88 Å². The number of hydrogen-bond donors (Lipinski definition) is 1. The largest absolute Gasteiger partial charge is 0.367 e. The van der Waals surface area contributed by atoms with Crippen LogP contribution in [0.25, 0.3) is 11.1 Å². The molecule has 0 unspecified atom stereocenters. The second-order valence-corrected chi connectivity index (χ2v) is 6.20. The highest BCUT2D eigenvalue weighted by atomic mass is 32.1. The molecule has 108 valence electrons. The number of aryl methyl sites for hydroxylation is 3. The minimum absolute atomic E-state index is 0.409. The molecule has 4 heteroatoms. The number of rotatable bonds is 5. The van der Waals surface area contributed by atoms with Gasteiger partial charge in [0.25, 0.3) is 0 Å². The number of benzene rings is 1. The first-order valence-corrected chi connectivity index (χ1v) is 7.95. The predicted octanol–water partition coefficient (Wildman–Crippen LogP) is 4.47. The molecule has 0 aliphatic heterocycles. The molecule has 0 aliphatic rings. The lowest BCUT2D eigenvalue weighted by atomic mass is 10.0. The van der Waals surface area contributed by atoms with Gasteiger partial charge in [0.2, 0.25) is 5.88 Å². The Morgan fingerprint density at radius 1 is 1.19 bits per heavy atom. The molecule has 0 amide bonds. The summed E-state index contributed by atoms with van der Waals surface area (Å²) in [6, 6.07) is 12.5. The van der Waals surface area contributed by atoms with E-state index in [-0.39, 0.29) is 0 Å². The van der Waals surface area contributed by atoms with E-state index in [1.807, 2.05) is 6.07 Å². The zero-order chi connectivity index (χ0) is 14.7. The third kappa shape index (κ3) is 3.16. The van der Waals surface area contributed by atoms with Crippen LogP contribution in [0.15, 0.2) is 46.3 Å². The van der Waals surface area contributed by atoms with Crippen LogP contribution in [0.4, 0.5) is 5.88 Å². The molecule has 3 nitrogen and oxygen atoms in total. The van der Waals surface area contributed by atoms with Crippen molar-refractivity contribution in [1.29, 1.82) is 0 Å². The summed E-state index contributed by atoms with van der Waals surface area (Å²) in [4.78, 5) is 1.41. The van der Waals surface area contributed by atoms with Crippen LogP contribution in [0.3, 0.4) is 0 Å². The summed E-state index contributed by atoms with van der Waals surface area (Å²) in [7, 11) is 0. The quantitative estimate of drug-likeness (QED) is 0.756. The highest BCUT2D eigenvalue weighted by Gasteiger charge is 2.15. The van der Waals surface area contributed by atoms with Crippen molar-refractivity contribution in [1.82, 2.24) is 5.16 Å². The Bertz CT molecular complexity index is 716. The monoisotopic (exact) mass is 298 g/mol. The predicted molar refractivity (Wildman–Crippen MR) is 87.4 cm³/mol. The number of aromatic nitrogens is 1. The number of nitrogen functional groups attached to an aromatic ring is 1. The molecule has 21 heavy (non-hydrogen) atoms. The minimum Gasteiger partial charge on any atom is -0.367 e. The minimum atomic E-state index is 0.409. The summed E-state index contributed by atoms with van der Waals surface area (Å²) < 4.78 is 5.21. The van der Waals surface area contributed by atoms with Gasteiger partial charge in [-0.25, -0.2) is 0 Å². The van der Waals surface area contributed by atoms with Crippen molar-refractivity contribution in [3.05, 3.63) is 57.9 Å². The van der Waals surface area contributed by atoms with Gasteiger partial charge < -0.3 is 10.3 Å². The molecule has 2 heterocycles. The van der Waals surface area contributed by atoms with E-state index in [1.54, 1.807) is 11.3 Å². The molecule has 0 bridgehead atoms. The van der Waals surface area contributed by atoms with E-state index in [4.69, 9.17) is 10.3 Å². The molecule has 2 N–H and O–H groups in total. The van der Waals surface area contributed by atoms with Gasteiger partial charge in [0.15, 0.2) is 0 Å². The van der Waals surface area contributed by atoms with Gasteiger partial charge in [-0.15, -0.1) is 11.3 Å². The average Bonchev–Trinajstić information content (AvgIpc) is 3.09. The van der Waals surface area contributed by atoms with Crippen LogP contribution >= 0.6 is 11.3 Å². The lowest BCUT2D eigenvalue weighted by Crippen LogP contribution is -1.93. The Labute approximate surface area is 128 Å². The Kier molecular flexibility index (Phi) is 4.06. The third-order valence-corrected chi connectivity index (χ3v) is 4.45.